The number of sulfone groups is 1. The molecule has 2 rings (SSSR count). The van der Waals surface area contributed by atoms with E-state index in [0.717, 1.165) is 17.5 Å². The van der Waals surface area contributed by atoms with E-state index >= 15 is 0 Å². The molecule has 0 saturated heterocycles. The van der Waals surface area contributed by atoms with Crippen molar-refractivity contribution in [3.05, 3.63) is 65.5 Å². The van der Waals surface area contributed by atoms with E-state index in [1.165, 1.54) is 18.4 Å². The minimum atomic E-state index is -3.17. The van der Waals surface area contributed by atoms with Gasteiger partial charge in [-0.25, -0.2) is 12.8 Å². The van der Waals surface area contributed by atoms with Crippen LogP contribution in [0, 0.1) is 5.82 Å². The maximum absolute atomic E-state index is 13.2. The summed E-state index contributed by atoms with van der Waals surface area (Å²) in [5.41, 5.74) is 1.86. The topological polar surface area (TPSA) is 70.6 Å². The number of halogens is 2. The highest BCUT2D eigenvalue weighted by molar-refractivity contribution is 14.0. The van der Waals surface area contributed by atoms with E-state index in [2.05, 4.69) is 15.6 Å². The lowest BCUT2D eigenvalue weighted by atomic mass is 10.1. The number of aliphatic imine (C=N–C) groups is 1. The maximum Gasteiger partial charge on any atom is 0.191 e. The van der Waals surface area contributed by atoms with Gasteiger partial charge in [-0.05, 0) is 41.8 Å². The molecule has 2 aromatic rings. The third-order valence-electron chi connectivity index (χ3n) is 3.63. The van der Waals surface area contributed by atoms with E-state index in [1.54, 1.807) is 37.4 Å². The van der Waals surface area contributed by atoms with Gasteiger partial charge in [-0.1, -0.05) is 24.3 Å². The van der Waals surface area contributed by atoms with Gasteiger partial charge in [0, 0.05) is 26.4 Å². The summed E-state index contributed by atoms with van der Waals surface area (Å²) in [6.07, 6.45) is 1.92. The van der Waals surface area contributed by atoms with Crippen LogP contribution in [-0.4, -0.2) is 34.2 Å². The fourth-order valence-corrected chi connectivity index (χ4v) is 2.91. The van der Waals surface area contributed by atoms with Gasteiger partial charge in [-0.3, -0.25) is 4.99 Å². The third kappa shape index (κ3) is 7.28. The van der Waals surface area contributed by atoms with Crippen molar-refractivity contribution < 1.29 is 12.8 Å². The van der Waals surface area contributed by atoms with E-state index in [4.69, 9.17) is 0 Å². The van der Waals surface area contributed by atoms with Gasteiger partial charge >= 0.3 is 0 Å². The van der Waals surface area contributed by atoms with E-state index in [1.807, 2.05) is 6.07 Å². The van der Waals surface area contributed by atoms with Crippen LogP contribution >= 0.6 is 24.0 Å². The van der Waals surface area contributed by atoms with Crippen LogP contribution in [0.15, 0.2) is 58.4 Å². The van der Waals surface area contributed by atoms with Crippen LogP contribution in [-0.2, 0) is 22.8 Å². The highest BCUT2D eigenvalue weighted by Gasteiger charge is 2.06. The number of benzene rings is 2. The summed E-state index contributed by atoms with van der Waals surface area (Å²) in [5, 5.41) is 6.30. The lowest BCUT2D eigenvalue weighted by Gasteiger charge is -2.12. The van der Waals surface area contributed by atoms with E-state index < -0.39 is 9.84 Å². The molecule has 2 aromatic carbocycles. The summed E-state index contributed by atoms with van der Waals surface area (Å²) >= 11 is 0. The molecule has 0 saturated carbocycles. The largest absolute Gasteiger partial charge is 0.356 e. The van der Waals surface area contributed by atoms with Crippen LogP contribution in [0.3, 0.4) is 0 Å². The fraction of sp³-hybridized carbons (Fsp3) is 0.278. The van der Waals surface area contributed by atoms with Crippen molar-refractivity contribution in [2.45, 2.75) is 17.9 Å². The van der Waals surface area contributed by atoms with Crippen molar-refractivity contribution in [1.29, 1.82) is 0 Å². The van der Waals surface area contributed by atoms with E-state index in [9.17, 15) is 12.8 Å². The second-order valence-electron chi connectivity index (χ2n) is 5.65. The lowest BCUT2D eigenvalue weighted by Crippen LogP contribution is -2.37. The predicted octanol–water partition coefficient (Wildman–Crippen LogP) is 2.75. The Morgan fingerprint density at radius 1 is 1.08 bits per heavy atom. The molecule has 0 heterocycles. The van der Waals surface area contributed by atoms with Gasteiger partial charge in [0.25, 0.3) is 0 Å². The van der Waals surface area contributed by atoms with Crippen molar-refractivity contribution in [3.8, 4) is 0 Å². The molecule has 8 heteroatoms. The Morgan fingerprint density at radius 2 is 1.77 bits per heavy atom. The molecular weight excluding hydrogens is 468 g/mol. The normalized spacial score (nSPS) is 11.6. The molecular formula is C18H23FIN3O2S. The van der Waals surface area contributed by atoms with Crippen LogP contribution < -0.4 is 10.6 Å². The summed E-state index contributed by atoms with van der Waals surface area (Å²) in [6.45, 7) is 1.11. The molecule has 0 unspecified atom stereocenters. The van der Waals surface area contributed by atoms with Crippen molar-refractivity contribution >= 4 is 39.8 Å². The minimum absolute atomic E-state index is 0. The van der Waals surface area contributed by atoms with Crippen molar-refractivity contribution in [2.24, 2.45) is 4.99 Å². The average molecular weight is 491 g/mol. The first-order chi connectivity index (χ1) is 11.9. The van der Waals surface area contributed by atoms with E-state index in [0.29, 0.717) is 23.9 Å². The molecule has 0 aliphatic carbocycles. The van der Waals surface area contributed by atoms with Crippen molar-refractivity contribution in [2.75, 3.05) is 19.8 Å². The van der Waals surface area contributed by atoms with Gasteiger partial charge in [0.1, 0.15) is 5.82 Å². The van der Waals surface area contributed by atoms with E-state index in [-0.39, 0.29) is 29.8 Å². The average Bonchev–Trinajstić information content (AvgIpc) is 2.57. The highest BCUT2D eigenvalue weighted by Crippen LogP contribution is 2.10. The predicted molar refractivity (Wildman–Crippen MR) is 113 cm³/mol. The third-order valence-corrected chi connectivity index (χ3v) is 4.76. The molecule has 0 atom stereocenters. The Labute approximate surface area is 171 Å². The lowest BCUT2D eigenvalue weighted by molar-refractivity contribution is 0.602. The molecule has 0 aliphatic rings. The quantitative estimate of drug-likeness (QED) is 0.371. The van der Waals surface area contributed by atoms with Gasteiger partial charge in [-0.15, -0.1) is 24.0 Å². The Kier molecular flexibility index (Phi) is 9.00. The zero-order chi connectivity index (χ0) is 18.3. The number of nitrogens with one attached hydrogen (secondary N) is 2. The number of guanidine groups is 1. The summed E-state index contributed by atoms with van der Waals surface area (Å²) in [7, 11) is -1.50. The summed E-state index contributed by atoms with van der Waals surface area (Å²) in [4.78, 5) is 4.44. The smallest absolute Gasteiger partial charge is 0.191 e. The molecule has 0 radical (unpaired) electrons. The highest BCUT2D eigenvalue weighted by atomic mass is 127. The molecule has 0 spiro atoms. The Balaban J connectivity index is 0.00000338. The second-order valence-corrected chi connectivity index (χ2v) is 7.66. The Bertz CT molecular complexity index is 840. The summed E-state index contributed by atoms with van der Waals surface area (Å²) < 4.78 is 36.0. The first kappa shape index (κ1) is 22.4. The molecule has 26 heavy (non-hydrogen) atoms. The van der Waals surface area contributed by atoms with Crippen LogP contribution in [0.2, 0.25) is 0 Å². The maximum atomic E-state index is 13.2. The number of hydrogen-bond acceptors (Lipinski definition) is 3. The number of hydrogen-bond donors (Lipinski definition) is 2. The van der Waals surface area contributed by atoms with Crippen molar-refractivity contribution in [3.63, 3.8) is 0 Å². The van der Waals surface area contributed by atoms with Gasteiger partial charge in [0.15, 0.2) is 15.8 Å². The standard InChI is InChI=1S/C18H22FN3O2S.HI/c1-20-18(22-13-15-4-3-5-16(19)12-15)21-11-10-14-6-8-17(9-7-14)25(2,23)24;/h3-9,12H,10-11,13H2,1-2H3,(H2,20,21,22);1H. The zero-order valence-electron chi connectivity index (χ0n) is 14.7. The molecule has 2 N–H and O–H groups in total. The fourth-order valence-electron chi connectivity index (χ4n) is 2.28. The van der Waals surface area contributed by atoms with Crippen LogP contribution in [0.4, 0.5) is 4.39 Å². The SMILES string of the molecule is CN=C(NCCc1ccc(S(C)(=O)=O)cc1)NCc1cccc(F)c1.I. The first-order valence-electron chi connectivity index (χ1n) is 7.86. The van der Waals surface area contributed by atoms with Crippen molar-refractivity contribution in [1.82, 2.24) is 10.6 Å². The van der Waals surface area contributed by atoms with Crippen LogP contribution in [0.25, 0.3) is 0 Å². The van der Waals surface area contributed by atoms with Crippen LogP contribution in [0.5, 0.6) is 0 Å². The monoisotopic (exact) mass is 491 g/mol. The zero-order valence-corrected chi connectivity index (χ0v) is 17.8. The molecule has 142 valence electrons. The van der Waals surface area contributed by atoms with Gasteiger partial charge < -0.3 is 10.6 Å². The minimum Gasteiger partial charge on any atom is -0.356 e. The Hall–Kier alpha value is -1.68. The summed E-state index contributed by atoms with van der Waals surface area (Å²) in [6, 6.07) is 13.2. The summed E-state index contributed by atoms with van der Waals surface area (Å²) in [5.74, 6) is 0.358. The first-order valence-corrected chi connectivity index (χ1v) is 9.75. The molecule has 0 bridgehead atoms. The molecule has 5 nitrogen and oxygen atoms in total. The van der Waals surface area contributed by atoms with Crippen LogP contribution in [0.1, 0.15) is 11.1 Å². The number of nitrogens with zero attached hydrogens (tertiary/aromatic N) is 1. The second kappa shape index (κ2) is 10.5. The Morgan fingerprint density at radius 3 is 2.35 bits per heavy atom. The van der Waals surface area contributed by atoms with Gasteiger partial charge in [0.05, 0.1) is 4.90 Å². The molecule has 0 fully saturated rings. The van der Waals surface area contributed by atoms with Gasteiger partial charge in [0.2, 0.25) is 0 Å². The molecule has 0 amide bonds. The molecule has 0 aliphatic heterocycles. The van der Waals surface area contributed by atoms with Gasteiger partial charge in [-0.2, -0.15) is 0 Å². The number of rotatable bonds is 6. The molecule has 0 aromatic heterocycles.